The number of anilines is 1. The summed E-state index contributed by atoms with van der Waals surface area (Å²) in [6, 6.07) is 14.3. The molecule has 0 aliphatic heterocycles. The molecule has 21 heavy (non-hydrogen) atoms. The lowest BCUT2D eigenvalue weighted by atomic mass is 10.1. The number of para-hydroxylation sites is 1. The van der Waals surface area contributed by atoms with Gasteiger partial charge in [0.15, 0.2) is 0 Å². The molecule has 4 heteroatoms. The van der Waals surface area contributed by atoms with Crippen molar-refractivity contribution in [1.29, 1.82) is 0 Å². The van der Waals surface area contributed by atoms with Gasteiger partial charge in [-0.15, -0.1) is 0 Å². The highest BCUT2D eigenvalue weighted by Crippen LogP contribution is 2.27. The van der Waals surface area contributed by atoms with Crippen LogP contribution in [0.2, 0.25) is 0 Å². The number of aromatic nitrogens is 2. The molecule has 0 fully saturated rings. The molecule has 0 atom stereocenters. The Kier molecular flexibility index (Phi) is 3.79. The average molecular weight is 278 g/mol. The van der Waals surface area contributed by atoms with Crippen molar-refractivity contribution in [3.05, 3.63) is 66.1 Å². The molecule has 0 unspecified atom stereocenters. The van der Waals surface area contributed by atoms with E-state index in [1.807, 2.05) is 42.7 Å². The lowest BCUT2D eigenvalue weighted by Gasteiger charge is -2.22. The molecule has 3 rings (SSSR count). The zero-order valence-corrected chi connectivity index (χ0v) is 12.0. The van der Waals surface area contributed by atoms with Crippen LogP contribution in [0.1, 0.15) is 11.3 Å². The Morgan fingerprint density at radius 3 is 2.62 bits per heavy atom. The molecular weight excluding hydrogens is 260 g/mol. The van der Waals surface area contributed by atoms with Crippen LogP contribution in [0.15, 0.2) is 54.9 Å². The maximum absolute atomic E-state index is 5.77. The second kappa shape index (κ2) is 5.89. The van der Waals surface area contributed by atoms with E-state index in [2.05, 4.69) is 34.0 Å². The Morgan fingerprint density at radius 1 is 1.10 bits per heavy atom. The number of benzene rings is 1. The molecule has 0 aliphatic rings. The molecule has 3 aromatic rings. The number of hydrogen-bond donors (Lipinski definition) is 1. The summed E-state index contributed by atoms with van der Waals surface area (Å²) in [7, 11) is 2.09. The second-order valence-electron chi connectivity index (χ2n) is 5.07. The van der Waals surface area contributed by atoms with Crippen LogP contribution in [0, 0.1) is 0 Å². The first kappa shape index (κ1) is 13.5. The van der Waals surface area contributed by atoms with Crippen molar-refractivity contribution in [3.63, 3.8) is 0 Å². The third-order valence-corrected chi connectivity index (χ3v) is 3.54. The molecule has 0 saturated heterocycles. The van der Waals surface area contributed by atoms with Gasteiger partial charge >= 0.3 is 0 Å². The van der Waals surface area contributed by atoms with Crippen LogP contribution in [0.4, 0.5) is 5.69 Å². The van der Waals surface area contributed by atoms with Gasteiger partial charge < -0.3 is 10.6 Å². The van der Waals surface area contributed by atoms with E-state index < -0.39 is 0 Å². The molecule has 0 radical (unpaired) electrons. The molecule has 4 nitrogen and oxygen atoms in total. The molecule has 106 valence electrons. The van der Waals surface area contributed by atoms with E-state index in [1.165, 1.54) is 5.56 Å². The molecule has 2 aromatic heterocycles. The number of nitrogens with two attached hydrogens (primary N) is 1. The summed E-state index contributed by atoms with van der Waals surface area (Å²) in [5.41, 5.74) is 10.0. The van der Waals surface area contributed by atoms with Gasteiger partial charge in [-0.05, 0) is 29.8 Å². The van der Waals surface area contributed by atoms with E-state index >= 15 is 0 Å². The van der Waals surface area contributed by atoms with Crippen molar-refractivity contribution in [3.8, 4) is 0 Å². The van der Waals surface area contributed by atoms with Crippen LogP contribution in [0.5, 0.6) is 0 Å². The molecule has 2 N–H and O–H groups in total. The number of nitrogens with zero attached hydrogens (tertiary/aromatic N) is 3. The predicted molar refractivity (Wildman–Crippen MR) is 86.0 cm³/mol. The molecule has 0 bridgehead atoms. The van der Waals surface area contributed by atoms with E-state index in [0.717, 1.165) is 28.8 Å². The predicted octanol–water partition coefficient (Wildman–Crippen LogP) is 2.72. The first-order valence-corrected chi connectivity index (χ1v) is 6.96. The Labute approximate surface area is 124 Å². The highest BCUT2D eigenvalue weighted by atomic mass is 15.1. The van der Waals surface area contributed by atoms with Crippen molar-refractivity contribution in [2.75, 3.05) is 11.9 Å². The summed E-state index contributed by atoms with van der Waals surface area (Å²) in [6.45, 7) is 1.27. The van der Waals surface area contributed by atoms with Crippen LogP contribution >= 0.6 is 0 Å². The summed E-state index contributed by atoms with van der Waals surface area (Å²) in [6.07, 6.45) is 3.64. The van der Waals surface area contributed by atoms with Crippen LogP contribution < -0.4 is 10.6 Å². The van der Waals surface area contributed by atoms with E-state index in [1.54, 1.807) is 0 Å². The Morgan fingerprint density at radius 2 is 1.86 bits per heavy atom. The quantitative estimate of drug-likeness (QED) is 0.797. The van der Waals surface area contributed by atoms with Crippen LogP contribution in [-0.4, -0.2) is 17.0 Å². The lowest BCUT2D eigenvalue weighted by Crippen LogP contribution is -2.17. The fourth-order valence-electron chi connectivity index (χ4n) is 2.48. The van der Waals surface area contributed by atoms with Crippen LogP contribution in [-0.2, 0) is 13.1 Å². The van der Waals surface area contributed by atoms with E-state index in [0.29, 0.717) is 6.54 Å². The SMILES string of the molecule is CN(Cc1ccncc1)c1cc(CN)nc2ccccc12. The van der Waals surface area contributed by atoms with Crippen LogP contribution in [0.3, 0.4) is 0 Å². The summed E-state index contributed by atoms with van der Waals surface area (Å²) in [5.74, 6) is 0. The maximum Gasteiger partial charge on any atom is 0.0726 e. The third kappa shape index (κ3) is 2.85. The first-order valence-electron chi connectivity index (χ1n) is 6.96. The fraction of sp³-hybridized carbons (Fsp3) is 0.176. The van der Waals surface area contributed by atoms with Crippen LogP contribution in [0.25, 0.3) is 10.9 Å². The maximum atomic E-state index is 5.77. The summed E-state index contributed by atoms with van der Waals surface area (Å²) >= 11 is 0. The zero-order chi connectivity index (χ0) is 14.7. The highest BCUT2D eigenvalue weighted by molar-refractivity contribution is 5.91. The first-order chi connectivity index (χ1) is 10.3. The Bertz CT molecular complexity index is 740. The summed E-state index contributed by atoms with van der Waals surface area (Å²) in [5, 5.41) is 1.14. The van der Waals surface area contributed by atoms with Gasteiger partial charge in [0.05, 0.1) is 11.2 Å². The van der Waals surface area contributed by atoms with E-state index in [9.17, 15) is 0 Å². The van der Waals surface area contributed by atoms with Gasteiger partial charge in [0, 0.05) is 43.6 Å². The van der Waals surface area contributed by atoms with Gasteiger partial charge in [-0.25, -0.2) is 0 Å². The van der Waals surface area contributed by atoms with Gasteiger partial charge in [0.2, 0.25) is 0 Å². The molecule has 0 amide bonds. The molecule has 0 saturated carbocycles. The minimum absolute atomic E-state index is 0.445. The molecule has 0 spiro atoms. The summed E-state index contributed by atoms with van der Waals surface area (Å²) < 4.78 is 0. The number of fused-ring (bicyclic) bond motifs is 1. The van der Waals surface area contributed by atoms with Gasteiger partial charge in [-0.1, -0.05) is 18.2 Å². The lowest BCUT2D eigenvalue weighted by molar-refractivity contribution is 0.915. The van der Waals surface area contributed by atoms with Gasteiger partial charge in [0.25, 0.3) is 0 Å². The van der Waals surface area contributed by atoms with Crippen molar-refractivity contribution >= 4 is 16.6 Å². The van der Waals surface area contributed by atoms with Gasteiger partial charge in [0.1, 0.15) is 0 Å². The second-order valence-corrected chi connectivity index (χ2v) is 5.07. The highest BCUT2D eigenvalue weighted by Gasteiger charge is 2.09. The molecule has 1 aromatic carbocycles. The monoisotopic (exact) mass is 278 g/mol. The Balaban J connectivity index is 2.02. The standard InChI is InChI=1S/C17H18N4/c1-21(12-13-6-8-19-9-7-13)17-10-14(11-18)20-16-5-3-2-4-15(16)17/h2-10H,11-12,18H2,1H3. The minimum atomic E-state index is 0.445. The van der Waals surface area contributed by atoms with Crippen molar-refractivity contribution in [1.82, 2.24) is 9.97 Å². The third-order valence-electron chi connectivity index (χ3n) is 3.54. The minimum Gasteiger partial charge on any atom is -0.370 e. The van der Waals surface area contributed by atoms with Crippen molar-refractivity contribution in [2.24, 2.45) is 5.73 Å². The largest absolute Gasteiger partial charge is 0.370 e. The van der Waals surface area contributed by atoms with E-state index in [4.69, 9.17) is 5.73 Å². The van der Waals surface area contributed by atoms with Gasteiger partial charge in [-0.2, -0.15) is 0 Å². The molecule has 2 heterocycles. The van der Waals surface area contributed by atoms with Gasteiger partial charge in [-0.3, -0.25) is 9.97 Å². The van der Waals surface area contributed by atoms with Crippen molar-refractivity contribution < 1.29 is 0 Å². The smallest absolute Gasteiger partial charge is 0.0726 e. The normalized spacial score (nSPS) is 10.8. The van der Waals surface area contributed by atoms with Crippen molar-refractivity contribution in [2.45, 2.75) is 13.1 Å². The zero-order valence-electron chi connectivity index (χ0n) is 12.0. The fourth-order valence-corrected chi connectivity index (χ4v) is 2.48. The van der Waals surface area contributed by atoms with E-state index in [-0.39, 0.29) is 0 Å². The molecule has 0 aliphatic carbocycles. The summed E-state index contributed by atoms with van der Waals surface area (Å²) in [4.78, 5) is 10.9. The number of hydrogen-bond acceptors (Lipinski definition) is 4. The Hall–Kier alpha value is -2.46. The topological polar surface area (TPSA) is 55.0 Å². The number of rotatable bonds is 4. The average Bonchev–Trinajstić information content (AvgIpc) is 2.54. The number of pyridine rings is 2. The molecular formula is C17H18N4.